The van der Waals surface area contributed by atoms with Crippen molar-refractivity contribution >= 4 is 46.6 Å². The zero-order valence-electron chi connectivity index (χ0n) is 12.7. The first kappa shape index (κ1) is 17.5. The quantitative estimate of drug-likeness (QED) is 0.731. The standard InChI is InChI=1S/C15H19Cl3N2O2/c1-15(2,3)22-14(21)20-9-4-8(5-9)19-13-7-11(17)10(16)6-12(13)18/h6-9,19H,4-5H2,1-3H3,(H,20,21). The van der Waals surface area contributed by atoms with Gasteiger partial charge in [0.25, 0.3) is 0 Å². The average Bonchev–Trinajstić information content (AvgIpc) is 2.30. The number of halogens is 3. The minimum Gasteiger partial charge on any atom is -0.444 e. The molecule has 0 aliphatic heterocycles. The lowest BCUT2D eigenvalue weighted by Gasteiger charge is -2.37. The van der Waals surface area contributed by atoms with Crippen molar-refractivity contribution in [3.05, 3.63) is 27.2 Å². The summed E-state index contributed by atoms with van der Waals surface area (Å²) in [6.07, 6.45) is 1.22. The first-order valence-electron chi connectivity index (χ1n) is 7.04. The smallest absolute Gasteiger partial charge is 0.407 e. The SMILES string of the molecule is CC(C)(C)OC(=O)NC1CC(Nc2cc(Cl)c(Cl)cc2Cl)C1. The Kier molecular flexibility index (Phi) is 5.36. The van der Waals surface area contributed by atoms with Crippen LogP contribution in [0.15, 0.2) is 12.1 Å². The molecule has 0 radical (unpaired) electrons. The van der Waals surface area contributed by atoms with E-state index in [4.69, 9.17) is 39.5 Å². The Morgan fingerprint density at radius 1 is 1.09 bits per heavy atom. The van der Waals surface area contributed by atoms with Crippen molar-refractivity contribution in [3.63, 3.8) is 0 Å². The number of ether oxygens (including phenoxy) is 1. The van der Waals surface area contributed by atoms with Crippen LogP contribution in [-0.2, 0) is 4.74 Å². The molecule has 0 spiro atoms. The van der Waals surface area contributed by atoms with E-state index in [1.54, 1.807) is 12.1 Å². The monoisotopic (exact) mass is 364 g/mol. The number of alkyl carbamates (subject to hydrolysis) is 1. The third kappa shape index (κ3) is 4.83. The molecule has 1 fully saturated rings. The van der Waals surface area contributed by atoms with Crippen LogP contribution in [0.3, 0.4) is 0 Å². The lowest BCUT2D eigenvalue weighted by molar-refractivity contribution is 0.0475. The van der Waals surface area contributed by atoms with Gasteiger partial charge in [-0.05, 0) is 45.7 Å². The number of rotatable bonds is 3. The summed E-state index contributed by atoms with van der Waals surface area (Å²) in [5.41, 5.74) is 0.260. The second kappa shape index (κ2) is 6.73. The summed E-state index contributed by atoms with van der Waals surface area (Å²) < 4.78 is 5.22. The number of hydrogen-bond donors (Lipinski definition) is 2. The molecule has 0 bridgehead atoms. The molecule has 0 atom stereocenters. The fraction of sp³-hybridized carbons (Fsp3) is 0.533. The minimum absolute atomic E-state index is 0.105. The number of carbonyl (C=O) groups excluding carboxylic acids is 1. The summed E-state index contributed by atoms with van der Waals surface area (Å²) in [4.78, 5) is 11.7. The molecule has 1 saturated carbocycles. The van der Waals surface area contributed by atoms with Crippen LogP contribution in [0.2, 0.25) is 15.1 Å². The van der Waals surface area contributed by atoms with Crippen LogP contribution in [0.4, 0.5) is 10.5 Å². The van der Waals surface area contributed by atoms with Crippen molar-refractivity contribution in [3.8, 4) is 0 Å². The fourth-order valence-electron chi connectivity index (χ4n) is 2.18. The van der Waals surface area contributed by atoms with E-state index in [2.05, 4.69) is 10.6 Å². The van der Waals surface area contributed by atoms with Crippen molar-refractivity contribution in [1.82, 2.24) is 5.32 Å². The third-order valence-corrected chi connectivity index (χ3v) is 4.26. The van der Waals surface area contributed by atoms with Crippen LogP contribution >= 0.6 is 34.8 Å². The molecule has 7 heteroatoms. The maximum atomic E-state index is 11.7. The van der Waals surface area contributed by atoms with Gasteiger partial charge >= 0.3 is 6.09 Å². The predicted molar refractivity (Wildman–Crippen MR) is 91.3 cm³/mol. The third-order valence-electron chi connectivity index (χ3n) is 3.23. The highest BCUT2D eigenvalue weighted by Gasteiger charge is 2.32. The maximum absolute atomic E-state index is 11.7. The minimum atomic E-state index is -0.487. The van der Waals surface area contributed by atoms with Crippen molar-refractivity contribution in [2.75, 3.05) is 5.32 Å². The van der Waals surface area contributed by atoms with Crippen LogP contribution in [-0.4, -0.2) is 23.8 Å². The summed E-state index contributed by atoms with van der Waals surface area (Å²) in [7, 11) is 0. The van der Waals surface area contributed by atoms with Crippen molar-refractivity contribution in [2.24, 2.45) is 0 Å². The zero-order valence-corrected chi connectivity index (χ0v) is 14.9. The molecule has 0 unspecified atom stereocenters. The number of hydrogen-bond acceptors (Lipinski definition) is 3. The van der Waals surface area contributed by atoms with Gasteiger partial charge in [0.05, 0.1) is 20.8 Å². The summed E-state index contributed by atoms with van der Waals surface area (Å²) in [6, 6.07) is 3.66. The van der Waals surface area contributed by atoms with E-state index in [1.807, 2.05) is 20.8 Å². The topological polar surface area (TPSA) is 50.4 Å². The van der Waals surface area contributed by atoms with Crippen LogP contribution < -0.4 is 10.6 Å². The molecule has 0 heterocycles. The average molecular weight is 366 g/mol. The van der Waals surface area contributed by atoms with Gasteiger partial charge in [-0.15, -0.1) is 0 Å². The van der Waals surface area contributed by atoms with Gasteiger partial charge in [0, 0.05) is 12.1 Å². The largest absolute Gasteiger partial charge is 0.444 e. The highest BCUT2D eigenvalue weighted by Crippen LogP contribution is 2.34. The van der Waals surface area contributed by atoms with Crippen LogP contribution in [0.25, 0.3) is 0 Å². The molecule has 1 aliphatic rings. The predicted octanol–water partition coefficient (Wildman–Crippen LogP) is 5.11. The van der Waals surface area contributed by atoms with Gasteiger partial charge in [0.2, 0.25) is 0 Å². The fourth-order valence-corrected chi connectivity index (χ4v) is 2.78. The van der Waals surface area contributed by atoms with Gasteiger partial charge < -0.3 is 15.4 Å². The van der Waals surface area contributed by atoms with E-state index in [0.29, 0.717) is 15.1 Å². The molecule has 0 saturated heterocycles. The highest BCUT2D eigenvalue weighted by molar-refractivity contribution is 6.44. The van der Waals surface area contributed by atoms with E-state index in [-0.39, 0.29) is 18.2 Å². The van der Waals surface area contributed by atoms with Gasteiger partial charge in [0.1, 0.15) is 5.60 Å². The van der Waals surface area contributed by atoms with E-state index >= 15 is 0 Å². The zero-order chi connectivity index (χ0) is 16.5. The lowest BCUT2D eigenvalue weighted by Crippen LogP contribution is -2.50. The molecule has 2 rings (SSSR count). The Bertz CT molecular complexity index is 567. The van der Waals surface area contributed by atoms with Crippen LogP contribution in [0, 0.1) is 0 Å². The number of anilines is 1. The van der Waals surface area contributed by atoms with Gasteiger partial charge in [-0.2, -0.15) is 0 Å². The van der Waals surface area contributed by atoms with Gasteiger partial charge in [0.15, 0.2) is 0 Å². The summed E-state index contributed by atoms with van der Waals surface area (Å²) >= 11 is 18.0. The molecule has 1 aromatic carbocycles. The molecule has 1 aliphatic carbocycles. The Morgan fingerprint density at radius 2 is 1.68 bits per heavy atom. The number of nitrogens with one attached hydrogen (secondary N) is 2. The Hall–Kier alpha value is -0.840. The summed E-state index contributed by atoms with van der Waals surface area (Å²) in [5, 5.41) is 7.55. The second-order valence-corrected chi connectivity index (χ2v) is 7.62. The first-order chi connectivity index (χ1) is 10.1. The van der Waals surface area contributed by atoms with E-state index in [1.165, 1.54) is 0 Å². The molecule has 2 N–H and O–H groups in total. The van der Waals surface area contributed by atoms with Crippen molar-refractivity contribution < 1.29 is 9.53 Å². The highest BCUT2D eigenvalue weighted by atomic mass is 35.5. The Morgan fingerprint density at radius 3 is 2.27 bits per heavy atom. The van der Waals surface area contributed by atoms with Crippen LogP contribution in [0.5, 0.6) is 0 Å². The molecule has 1 amide bonds. The summed E-state index contributed by atoms with van der Waals surface area (Å²) in [6.45, 7) is 5.51. The number of carbonyl (C=O) groups is 1. The molecule has 22 heavy (non-hydrogen) atoms. The van der Waals surface area contributed by atoms with Crippen molar-refractivity contribution in [2.45, 2.75) is 51.3 Å². The van der Waals surface area contributed by atoms with Gasteiger partial charge in [-0.25, -0.2) is 4.79 Å². The first-order valence-corrected chi connectivity index (χ1v) is 8.18. The Labute approximate surface area is 145 Å². The van der Waals surface area contributed by atoms with Gasteiger partial charge in [-0.1, -0.05) is 34.8 Å². The normalized spacial score (nSPS) is 21.0. The summed E-state index contributed by atoms with van der Waals surface area (Å²) in [5.74, 6) is 0. The number of benzene rings is 1. The van der Waals surface area contributed by atoms with Gasteiger partial charge in [-0.3, -0.25) is 0 Å². The maximum Gasteiger partial charge on any atom is 0.407 e. The lowest BCUT2D eigenvalue weighted by atomic mass is 9.86. The molecule has 122 valence electrons. The molecular formula is C15H19Cl3N2O2. The molecular weight excluding hydrogens is 347 g/mol. The van der Waals surface area contributed by atoms with E-state index in [9.17, 15) is 4.79 Å². The Balaban J connectivity index is 1.80. The molecule has 4 nitrogen and oxygen atoms in total. The van der Waals surface area contributed by atoms with E-state index < -0.39 is 5.60 Å². The second-order valence-electron chi connectivity index (χ2n) is 6.40. The molecule has 1 aromatic rings. The number of amides is 1. The van der Waals surface area contributed by atoms with E-state index in [0.717, 1.165) is 18.5 Å². The molecule has 0 aromatic heterocycles. The van der Waals surface area contributed by atoms with Crippen LogP contribution in [0.1, 0.15) is 33.6 Å². The van der Waals surface area contributed by atoms with Crippen molar-refractivity contribution in [1.29, 1.82) is 0 Å².